The number of ether oxygens (including phenoxy) is 1. The van der Waals surface area contributed by atoms with Crippen LogP contribution in [0.4, 0.5) is 0 Å². The van der Waals surface area contributed by atoms with Crippen LogP contribution in [0.3, 0.4) is 0 Å². The molecule has 0 spiro atoms. The molecule has 0 radical (unpaired) electrons. The van der Waals surface area contributed by atoms with Crippen molar-refractivity contribution in [3.63, 3.8) is 0 Å². The van der Waals surface area contributed by atoms with Crippen molar-refractivity contribution in [1.29, 1.82) is 0 Å². The van der Waals surface area contributed by atoms with Crippen molar-refractivity contribution in [2.24, 2.45) is 0 Å². The Labute approximate surface area is 111 Å². The van der Waals surface area contributed by atoms with E-state index in [0.29, 0.717) is 6.04 Å². The van der Waals surface area contributed by atoms with Gasteiger partial charge in [-0.1, -0.05) is 29.3 Å². The monoisotopic (exact) mass is 247 g/mol. The van der Waals surface area contributed by atoms with Crippen LogP contribution in [-0.4, -0.2) is 25.3 Å². The van der Waals surface area contributed by atoms with Crippen LogP contribution in [0.25, 0.3) is 0 Å². The summed E-state index contributed by atoms with van der Waals surface area (Å²) in [6.45, 7) is 7.47. The quantitative estimate of drug-likeness (QED) is 0.883. The molecule has 0 aliphatic carbocycles. The molecule has 1 aromatic rings. The van der Waals surface area contributed by atoms with Gasteiger partial charge in [0.2, 0.25) is 0 Å². The topological polar surface area (TPSA) is 21.3 Å². The maximum atomic E-state index is 5.96. The molecule has 1 heterocycles. The molecule has 1 aliphatic heterocycles. The first-order valence-electron chi connectivity index (χ1n) is 6.92. The summed E-state index contributed by atoms with van der Waals surface area (Å²) in [6.07, 6.45) is 3.38. The molecule has 2 heteroatoms. The first kappa shape index (κ1) is 13.6. The molecule has 100 valence electrons. The van der Waals surface area contributed by atoms with Crippen molar-refractivity contribution in [3.05, 3.63) is 34.9 Å². The van der Waals surface area contributed by atoms with Gasteiger partial charge in [0.25, 0.3) is 0 Å². The zero-order chi connectivity index (χ0) is 13.2. The minimum absolute atomic E-state index is 0.00754. The predicted molar refractivity (Wildman–Crippen MR) is 76.1 cm³/mol. The van der Waals surface area contributed by atoms with E-state index in [2.05, 4.69) is 44.3 Å². The molecule has 1 aromatic carbocycles. The summed E-state index contributed by atoms with van der Waals surface area (Å²) >= 11 is 0. The zero-order valence-corrected chi connectivity index (χ0v) is 12.0. The molecule has 1 aliphatic rings. The molecule has 1 N–H and O–H groups in total. The number of rotatable bonds is 4. The van der Waals surface area contributed by atoms with Gasteiger partial charge in [0.1, 0.15) is 0 Å². The number of benzene rings is 1. The third-order valence-electron chi connectivity index (χ3n) is 4.06. The van der Waals surface area contributed by atoms with Crippen molar-refractivity contribution in [2.75, 3.05) is 13.7 Å². The van der Waals surface area contributed by atoms with Crippen LogP contribution >= 0.6 is 0 Å². The number of nitrogens with one attached hydrogen (secondary N) is 1. The Morgan fingerprint density at radius 2 is 1.94 bits per heavy atom. The Bertz CT molecular complexity index is 387. The highest BCUT2D eigenvalue weighted by atomic mass is 16.5. The molecule has 2 rings (SSSR count). The largest absolute Gasteiger partial charge is 0.374 e. The van der Waals surface area contributed by atoms with E-state index in [1.54, 1.807) is 0 Å². The average Bonchev–Trinajstić information content (AvgIpc) is 2.72. The standard InChI is InChI=1S/C16H25NO/c1-12-8-13(2)10-14(9-12)11-15(17-4)16(3)6-5-7-18-16/h8-10,15,17H,5-7,11H2,1-4H3. The van der Waals surface area contributed by atoms with Gasteiger partial charge in [-0.3, -0.25) is 0 Å². The van der Waals surface area contributed by atoms with Crippen molar-refractivity contribution < 1.29 is 4.74 Å². The van der Waals surface area contributed by atoms with Gasteiger partial charge in [-0.25, -0.2) is 0 Å². The molecule has 18 heavy (non-hydrogen) atoms. The lowest BCUT2D eigenvalue weighted by molar-refractivity contribution is -0.00944. The summed E-state index contributed by atoms with van der Waals surface area (Å²) in [5, 5.41) is 3.45. The van der Waals surface area contributed by atoms with Crippen LogP contribution in [0.15, 0.2) is 18.2 Å². The van der Waals surface area contributed by atoms with Crippen LogP contribution in [0.1, 0.15) is 36.5 Å². The SMILES string of the molecule is CNC(Cc1cc(C)cc(C)c1)C1(C)CCCO1. The molecule has 0 amide bonds. The van der Waals surface area contributed by atoms with E-state index >= 15 is 0 Å². The molecule has 1 fully saturated rings. The van der Waals surface area contributed by atoms with Crippen molar-refractivity contribution in [3.8, 4) is 0 Å². The van der Waals surface area contributed by atoms with Crippen LogP contribution in [-0.2, 0) is 11.2 Å². The van der Waals surface area contributed by atoms with Crippen LogP contribution in [0.2, 0.25) is 0 Å². The lowest BCUT2D eigenvalue weighted by Crippen LogP contribution is -2.48. The fourth-order valence-corrected chi connectivity index (χ4v) is 3.12. The lowest BCUT2D eigenvalue weighted by Gasteiger charge is -2.33. The second-order valence-corrected chi connectivity index (χ2v) is 5.81. The Balaban J connectivity index is 2.14. The summed E-state index contributed by atoms with van der Waals surface area (Å²) in [6, 6.07) is 7.19. The van der Waals surface area contributed by atoms with E-state index < -0.39 is 0 Å². The highest BCUT2D eigenvalue weighted by molar-refractivity contribution is 5.29. The van der Waals surface area contributed by atoms with E-state index in [0.717, 1.165) is 19.4 Å². The van der Waals surface area contributed by atoms with Gasteiger partial charge >= 0.3 is 0 Å². The molecule has 0 saturated carbocycles. The van der Waals surface area contributed by atoms with Crippen LogP contribution in [0.5, 0.6) is 0 Å². The average molecular weight is 247 g/mol. The van der Waals surface area contributed by atoms with E-state index in [-0.39, 0.29) is 5.60 Å². The first-order chi connectivity index (χ1) is 8.53. The first-order valence-corrected chi connectivity index (χ1v) is 6.92. The van der Waals surface area contributed by atoms with Crippen molar-refractivity contribution >= 4 is 0 Å². The van der Waals surface area contributed by atoms with Gasteiger partial charge in [-0.05, 0) is 52.6 Å². The fourth-order valence-electron chi connectivity index (χ4n) is 3.12. The maximum Gasteiger partial charge on any atom is 0.0810 e. The summed E-state index contributed by atoms with van der Waals surface area (Å²) in [7, 11) is 2.04. The summed E-state index contributed by atoms with van der Waals surface area (Å²) in [5.41, 5.74) is 4.09. The molecular weight excluding hydrogens is 222 g/mol. The Kier molecular flexibility index (Phi) is 4.08. The van der Waals surface area contributed by atoms with E-state index in [4.69, 9.17) is 4.74 Å². The molecule has 2 unspecified atom stereocenters. The second-order valence-electron chi connectivity index (χ2n) is 5.81. The predicted octanol–water partition coefficient (Wildman–Crippen LogP) is 3.00. The molecule has 2 atom stereocenters. The number of likely N-dealkylation sites (N-methyl/N-ethyl adjacent to an activating group) is 1. The molecular formula is C16H25NO. The number of aryl methyl sites for hydroxylation is 2. The Morgan fingerprint density at radius 3 is 2.44 bits per heavy atom. The molecule has 2 nitrogen and oxygen atoms in total. The smallest absolute Gasteiger partial charge is 0.0810 e. The lowest BCUT2D eigenvalue weighted by atomic mass is 9.88. The summed E-state index contributed by atoms with van der Waals surface area (Å²) in [4.78, 5) is 0. The third kappa shape index (κ3) is 2.93. The fraction of sp³-hybridized carbons (Fsp3) is 0.625. The third-order valence-corrected chi connectivity index (χ3v) is 4.06. The molecule has 1 saturated heterocycles. The summed E-state index contributed by atoms with van der Waals surface area (Å²) < 4.78 is 5.96. The zero-order valence-electron chi connectivity index (χ0n) is 12.0. The highest BCUT2D eigenvalue weighted by Crippen LogP contribution is 2.30. The molecule has 0 aromatic heterocycles. The minimum Gasteiger partial charge on any atom is -0.374 e. The number of hydrogen-bond acceptors (Lipinski definition) is 2. The van der Waals surface area contributed by atoms with E-state index in [9.17, 15) is 0 Å². The van der Waals surface area contributed by atoms with E-state index in [1.165, 1.54) is 23.1 Å². The van der Waals surface area contributed by atoms with Gasteiger partial charge in [-0.2, -0.15) is 0 Å². The normalized spacial score (nSPS) is 25.3. The Hall–Kier alpha value is -0.860. The Morgan fingerprint density at radius 1 is 1.28 bits per heavy atom. The van der Waals surface area contributed by atoms with Crippen LogP contribution in [0, 0.1) is 13.8 Å². The van der Waals surface area contributed by atoms with E-state index in [1.807, 2.05) is 7.05 Å². The maximum absolute atomic E-state index is 5.96. The van der Waals surface area contributed by atoms with Gasteiger partial charge < -0.3 is 10.1 Å². The molecule has 0 bridgehead atoms. The minimum atomic E-state index is -0.00754. The van der Waals surface area contributed by atoms with Gasteiger partial charge in [-0.15, -0.1) is 0 Å². The second kappa shape index (κ2) is 5.41. The van der Waals surface area contributed by atoms with Gasteiger partial charge in [0.15, 0.2) is 0 Å². The number of hydrogen-bond donors (Lipinski definition) is 1. The van der Waals surface area contributed by atoms with Gasteiger partial charge in [0, 0.05) is 12.6 Å². The summed E-state index contributed by atoms with van der Waals surface area (Å²) in [5.74, 6) is 0. The van der Waals surface area contributed by atoms with Crippen molar-refractivity contribution in [2.45, 2.75) is 51.7 Å². The van der Waals surface area contributed by atoms with Gasteiger partial charge in [0.05, 0.1) is 5.60 Å². The highest BCUT2D eigenvalue weighted by Gasteiger charge is 2.37. The van der Waals surface area contributed by atoms with Crippen LogP contribution < -0.4 is 5.32 Å². The van der Waals surface area contributed by atoms with Crippen molar-refractivity contribution in [1.82, 2.24) is 5.32 Å².